The molecule has 0 aromatic carbocycles. The summed E-state index contributed by atoms with van der Waals surface area (Å²) >= 11 is 0. The van der Waals surface area contributed by atoms with Crippen molar-refractivity contribution in [3.63, 3.8) is 0 Å². The van der Waals surface area contributed by atoms with Crippen LogP contribution < -0.4 is 5.32 Å². The second-order valence-electron chi connectivity index (χ2n) is 6.82. The summed E-state index contributed by atoms with van der Waals surface area (Å²) in [5, 5.41) is 3.38. The van der Waals surface area contributed by atoms with Crippen molar-refractivity contribution in [1.82, 2.24) is 10.2 Å². The van der Waals surface area contributed by atoms with Crippen LogP contribution in [0.1, 0.15) is 52.4 Å². The normalized spacial score (nSPS) is 23.8. The van der Waals surface area contributed by atoms with Gasteiger partial charge < -0.3 is 10.2 Å². The number of nitrogens with zero attached hydrogens (tertiary/aromatic N) is 1. The Bertz CT molecular complexity index is 288. The minimum absolute atomic E-state index is 0. The number of nitrogens with one attached hydrogen (secondary N) is 1. The first-order valence-electron chi connectivity index (χ1n) is 7.55. The van der Waals surface area contributed by atoms with E-state index in [-0.39, 0.29) is 12.4 Å². The van der Waals surface area contributed by atoms with Crippen LogP contribution in [-0.2, 0) is 4.79 Å². The number of hydrogen-bond acceptors (Lipinski definition) is 2. The molecule has 112 valence electrons. The second-order valence-corrected chi connectivity index (χ2v) is 6.82. The molecule has 19 heavy (non-hydrogen) atoms. The molecule has 0 aromatic rings. The molecule has 0 bridgehead atoms. The molecule has 0 aliphatic carbocycles. The smallest absolute Gasteiger partial charge is 0.222 e. The Morgan fingerprint density at radius 1 is 1.32 bits per heavy atom. The number of halogens is 1. The molecule has 0 atom stereocenters. The Morgan fingerprint density at radius 3 is 2.63 bits per heavy atom. The molecule has 3 nitrogen and oxygen atoms in total. The molecular weight excluding hydrogens is 260 g/mol. The van der Waals surface area contributed by atoms with E-state index in [1.165, 1.54) is 25.7 Å². The molecular formula is C15H29ClN2O. The van der Waals surface area contributed by atoms with E-state index in [0.717, 1.165) is 44.9 Å². The maximum Gasteiger partial charge on any atom is 0.222 e. The van der Waals surface area contributed by atoms with Gasteiger partial charge in [-0.3, -0.25) is 4.79 Å². The molecule has 0 spiro atoms. The fraction of sp³-hybridized carbons (Fsp3) is 0.933. The van der Waals surface area contributed by atoms with Crippen molar-refractivity contribution in [2.45, 2.75) is 52.4 Å². The standard InChI is InChI=1S/C15H28N2O.ClH/c1-15(2)8-3-11-17(12-15)14(18)5-4-13-6-9-16-10-7-13;/h13,16H,3-12H2,1-2H3;1H. The molecule has 2 aliphatic rings. The highest BCUT2D eigenvalue weighted by Crippen LogP contribution is 2.29. The van der Waals surface area contributed by atoms with Crippen LogP contribution in [0.25, 0.3) is 0 Å². The predicted molar refractivity (Wildman–Crippen MR) is 81.7 cm³/mol. The minimum atomic E-state index is 0. The third-order valence-electron chi connectivity index (χ3n) is 4.48. The average molecular weight is 289 g/mol. The summed E-state index contributed by atoms with van der Waals surface area (Å²) in [6.45, 7) is 8.76. The van der Waals surface area contributed by atoms with Gasteiger partial charge in [-0.15, -0.1) is 12.4 Å². The molecule has 2 rings (SSSR count). The number of rotatable bonds is 3. The maximum absolute atomic E-state index is 12.2. The van der Waals surface area contributed by atoms with Gasteiger partial charge in [0.2, 0.25) is 5.91 Å². The van der Waals surface area contributed by atoms with E-state index in [2.05, 4.69) is 24.1 Å². The fourth-order valence-electron chi connectivity index (χ4n) is 3.29. The van der Waals surface area contributed by atoms with Crippen LogP contribution in [0.4, 0.5) is 0 Å². The van der Waals surface area contributed by atoms with Crippen LogP contribution in [0.2, 0.25) is 0 Å². The molecule has 2 fully saturated rings. The first-order chi connectivity index (χ1) is 8.57. The van der Waals surface area contributed by atoms with Crippen LogP contribution in [0.5, 0.6) is 0 Å². The van der Waals surface area contributed by atoms with Gasteiger partial charge in [-0.05, 0) is 56.5 Å². The second kappa shape index (κ2) is 7.49. The lowest BCUT2D eigenvalue weighted by atomic mass is 9.84. The van der Waals surface area contributed by atoms with Crippen molar-refractivity contribution in [3.05, 3.63) is 0 Å². The lowest BCUT2D eigenvalue weighted by Crippen LogP contribution is -2.43. The van der Waals surface area contributed by atoms with Gasteiger partial charge in [0.15, 0.2) is 0 Å². The first-order valence-corrected chi connectivity index (χ1v) is 7.55. The number of amides is 1. The number of piperidine rings is 2. The number of carbonyl (C=O) groups is 1. The van der Waals surface area contributed by atoms with Gasteiger partial charge in [0, 0.05) is 19.5 Å². The molecule has 1 N–H and O–H groups in total. The van der Waals surface area contributed by atoms with Gasteiger partial charge in [-0.2, -0.15) is 0 Å². The van der Waals surface area contributed by atoms with Crippen molar-refractivity contribution in [2.75, 3.05) is 26.2 Å². The summed E-state index contributed by atoms with van der Waals surface area (Å²) in [6.07, 6.45) is 6.78. The van der Waals surface area contributed by atoms with E-state index in [9.17, 15) is 4.79 Å². The molecule has 1 amide bonds. The lowest BCUT2D eigenvalue weighted by Gasteiger charge is -2.38. The van der Waals surface area contributed by atoms with E-state index in [1.54, 1.807) is 0 Å². The highest BCUT2D eigenvalue weighted by molar-refractivity contribution is 5.85. The van der Waals surface area contributed by atoms with Gasteiger partial charge in [0.05, 0.1) is 0 Å². The molecule has 0 radical (unpaired) electrons. The van der Waals surface area contributed by atoms with Crippen LogP contribution in [0.15, 0.2) is 0 Å². The van der Waals surface area contributed by atoms with E-state index in [1.807, 2.05) is 0 Å². The number of carbonyl (C=O) groups excluding carboxylic acids is 1. The third-order valence-corrected chi connectivity index (χ3v) is 4.48. The molecule has 2 heterocycles. The van der Waals surface area contributed by atoms with E-state index in [0.29, 0.717) is 11.3 Å². The summed E-state index contributed by atoms with van der Waals surface area (Å²) in [5.74, 6) is 1.16. The molecule has 0 saturated carbocycles. The summed E-state index contributed by atoms with van der Waals surface area (Å²) in [6, 6.07) is 0. The zero-order valence-corrected chi connectivity index (χ0v) is 13.2. The van der Waals surface area contributed by atoms with Crippen LogP contribution in [0.3, 0.4) is 0 Å². The van der Waals surface area contributed by atoms with Crippen molar-refractivity contribution >= 4 is 18.3 Å². The Hall–Kier alpha value is -0.280. The molecule has 2 saturated heterocycles. The first kappa shape index (κ1) is 16.8. The van der Waals surface area contributed by atoms with Crippen molar-refractivity contribution < 1.29 is 4.79 Å². The van der Waals surface area contributed by atoms with Crippen molar-refractivity contribution in [2.24, 2.45) is 11.3 Å². The Balaban J connectivity index is 0.00000180. The van der Waals surface area contributed by atoms with E-state index >= 15 is 0 Å². The fourth-order valence-corrected chi connectivity index (χ4v) is 3.29. The Labute approximate surface area is 123 Å². The highest BCUT2D eigenvalue weighted by Gasteiger charge is 2.29. The van der Waals surface area contributed by atoms with Crippen molar-refractivity contribution in [3.8, 4) is 0 Å². The molecule has 0 aromatic heterocycles. The molecule has 2 aliphatic heterocycles. The van der Waals surface area contributed by atoms with E-state index < -0.39 is 0 Å². The van der Waals surface area contributed by atoms with Gasteiger partial charge in [0.1, 0.15) is 0 Å². The zero-order valence-electron chi connectivity index (χ0n) is 12.4. The quantitative estimate of drug-likeness (QED) is 0.866. The molecule has 0 unspecified atom stereocenters. The Kier molecular flexibility index (Phi) is 6.61. The number of likely N-dealkylation sites (tertiary alicyclic amines) is 1. The van der Waals surface area contributed by atoms with Gasteiger partial charge >= 0.3 is 0 Å². The topological polar surface area (TPSA) is 32.3 Å². The molecule has 4 heteroatoms. The van der Waals surface area contributed by atoms with Crippen molar-refractivity contribution in [1.29, 1.82) is 0 Å². The number of hydrogen-bond donors (Lipinski definition) is 1. The maximum atomic E-state index is 12.2. The summed E-state index contributed by atoms with van der Waals surface area (Å²) in [5.41, 5.74) is 0.322. The zero-order chi connectivity index (χ0) is 13.0. The summed E-state index contributed by atoms with van der Waals surface area (Å²) < 4.78 is 0. The summed E-state index contributed by atoms with van der Waals surface area (Å²) in [4.78, 5) is 14.3. The monoisotopic (exact) mass is 288 g/mol. The minimum Gasteiger partial charge on any atom is -0.342 e. The van der Waals surface area contributed by atoms with Crippen LogP contribution in [-0.4, -0.2) is 37.0 Å². The lowest BCUT2D eigenvalue weighted by molar-refractivity contribution is -0.134. The van der Waals surface area contributed by atoms with Gasteiger partial charge in [0.25, 0.3) is 0 Å². The van der Waals surface area contributed by atoms with Crippen LogP contribution in [0, 0.1) is 11.3 Å². The predicted octanol–water partition coefficient (Wildman–Crippen LogP) is 2.84. The van der Waals surface area contributed by atoms with Crippen LogP contribution >= 0.6 is 12.4 Å². The largest absolute Gasteiger partial charge is 0.342 e. The van der Waals surface area contributed by atoms with Gasteiger partial charge in [-0.25, -0.2) is 0 Å². The van der Waals surface area contributed by atoms with E-state index in [4.69, 9.17) is 0 Å². The SMILES string of the molecule is CC1(C)CCCN(C(=O)CCC2CCNCC2)C1.Cl. The summed E-state index contributed by atoms with van der Waals surface area (Å²) in [7, 11) is 0. The highest BCUT2D eigenvalue weighted by atomic mass is 35.5. The van der Waals surface area contributed by atoms with Gasteiger partial charge in [-0.1, -0.05) is 13.8 Å². The average Bonchev–Trinajstić information content (AvgIpc) is 2.36. The Morgan fingerprint density at radius 2 is 2.00 bits per heavy atom. The third kappa shape index (κ3) is 5.31.